The van der Waals surface area contributed by atoms with Crippen LogP contribution < -0.4 is 0 Å². The molecule has 3 heteroatoms. The third-order valence-corrected chi connectivity index (χ3v) is 6.28. The summed E-state index contributed by atoms with van der Waals surface area (Å²) in [4.78, 5) is 15.0. The van der Waals surface area contributed by atoms with Gasteiger partial charge in [0, 0.05) is 18.2 Å². The van der Waals surface area contributed by atoms with Gasteiger partial charge in [0.25, 0.3) is 0 Å². The lowest BCUT2D eigenvalue weighted by Crippen LogP contribution is -2.36. The minimum atomic E-state index is 0.232. The summed E-state index contributed by atoms with van der Waals surface area (Å²) >= 11 is 1.92. The Morgan fingerprint density at radius 3 is 2.45 bits per heavy atom. The van der Waals surface area contributed by atoms with Crippen LogP contribution in [0.15, 0.2) is 24.3 Å². The molecule has 2 nitrogen and oxygen atoms in total. The molecule has 1 aromatic rings. The van der Waals surface area contributed by atoms with Crippen molar-refractivity contribution >= 4 is 17.7 Å². The maximum atomic E-state index is 12.9. The summed E-state index contributed by atoms with van der Waals surface area (Å²) < 4.78 is 0. The number of rotatable bonds is 3. The average molecular weight is 317 g/mol. The Kier molecular flexibility index (Phi) is 5.12. The summed E-state index contributed by atoms with van der Waals surface area (Å²) in [6.07, 6.45) is 5.95. The van der Waals surface area contributed by atoms with Crippen LogP contribution in [0.3, 0.4) is 0 Å². The summed E-state index contributed by atoms with van der Waals surface area (Å²) in [5.74, 6) is 2.31. The standard InChI is InChI=1S/C19H27NOS/c1-14(2)15-8-10-17(11-9-15)19-20(12-13-22-19)18(21)16-6-4-3-5-7-16/h8-11,14,16,19H,3-7,12-13H2,1-2H3. The molecule has 1 aliphatic heterocycles. The number of nitrogens with zero attached hydrogens (tertiary/aromatic N) is 1. The number of carbonyl (C=O) groups excluding carboxylic acids is 1. The van der Waals surface area contributed by atoms with Gasteiger partial charge in [0.05, 0.1) is 0 Å². The van der Waals surface area contributed by atoms with E-state index in [4.69, 9.17) is 0 Å². The Morgan fingerprint density at radius 1 is 1.14 bits per heavy atom. The van der Waals surface area contributed by atoms with Gasteiger partial charge in [-0.25, -0.2) is 0 Å². The zero-order valence-electron chi connectivity index (χ0n) is 13.8. The molecule has 1 saturated heterocycles. The summed E-state index contributed by atoms with van der Waals surface area (Å²) in [6, 6.07) is 8.89. The Hall–Kier alpha value is -0.960. The monoisotopic (exact) mass is 317 g/mol. The minimum absolute atomic E-state index is 0.232. The molecule has 22 heavy (non-hydrogen) atoms. The van der Waals surface area contributed by atoms with Crippen LogP contribution in [0.5, 0.6) is 0 Å². The van der Waals surface area contributed by atoms with E-state index in [1.165, 1.54) is 30.4 Å². The fraction of sp³-hybridized carbons (Fsp3) is 0.632. The van der Waals surface area contributed by atoms with Gasteiger partial charge in [0.2, 0.25) is 5.91 Å². The lowest BCUT2D eigenvalue weighted by atomic mass is 9.88. The van der Waals surface area contributed by atoms with Crippen molar-refractivity contribution in [3.63, 3.8) is 0 Å². The van der Waals surface area contributed by atoms with E-state index < -0.39 is 0 Å². The third-order valence-electron chi connectivity index (χ3n) is 5.02. The molecule has 0 N–H and O–H groups in total. The predicted octanol–water partition coefficient (Wildman–Crippen LogP) is 4.96. The first-order valence-electron chi connectivity index (χ1n) is 8.69. The van der Waals surface area contributed by atoms with E-state index >= 15 is 0 Å². The molecule has 0 radical (unpaired) electrons. The van der Waals surface area contributed by atoms with Gasteiger partial charge in [-0.15, -0.1) is 11.8 Å². The van der Waals surface area contributed by atoms with Crippen LogP contribution >= 0.6 is 11.8 Å². The predicted molar refractivity (Wildman–Crippen MR) is 94.0 cm³/mol. The van der Waals surface area contributed by atoms with E-state index in [-0.39, 0.29) is 11.3 Å². The lowest BCUT2D eigenvalue weighted by molar-refractivity contribution is -0.136. The van der Waals surface area contributed by atoms with Crippen molar-refractivity contribution in [2.75, 3.05) is 12.3 Å². The Balaban J connectivity index is 1.73. The first-order valence-corrected chi connectivity index (χ1v) is 9.73. The maximum Gasteiger partial charge on any atom is 0.226 e. The molecule has 0 aromatic heterocycles. The van der Waals surface area contributed by atoms with Gasteiger partial charge in [-0.05, 0) is 29.9 Å². The zero-order valence-corrected chi connectivity index (χ0v) is 14.6. The van der Waals surface area contributed by atoms with Gasteiger partial charge < -0.3 is 4.90 Å². The first-order chi connectivity index (χ1) is 10.7. The number of benzene rings is 1. The number of amides is 1. The summed E-state index contributed by atoms with van der Waals surface area (Å²) in [5.41, 5.74) is 2.66. The van der Waals surface area contributed by atoms with Crippen molar-refractivity contribution in [1.82, 2.24) is 4.90 Å². The van der Waals surface area contributed by atoms with Crippen molar-refractivity contribution in [1.29, 1.82) is 0 Å². The number of thioether (sulfide) groups is 1. The molecule has 1 aliphatic carbocycles. The topological polar surface area (TPSA) is 20.3 Å². The number of hydrogen-bond acceptors (Lipinski definition) is 2. The van der Waals surface area contributed by atoms with Crippen LogP contribution in [0.2, 0.25) is 0 Å². The zero-order chi connectivity index (χ0) is 15.5. The van der Waals surface area contributed by atoms with Crippen molar-refractivity contribution < 1.29 is 4.79 Å². The Labute approximate surface area is 138 Å². The molecular formula is C19H27NOS. The molecule has 3 rings (SSSR count). The molecule has 1 heterocycles. The summed E-state index contributed by atoms with van der Waals surface area (Å²) in [7, 11) is 0. The molecule has 120 valence electrons. The number of hydrogen-bond donors (Lipinski definition) is 0. The smallest absolute Gasteiger partial charge is 0.226 e. The molecule has 0 spiro atoms. The van der Waals surface area contributed by atoms with Crippen molar-refractivity contribution in [2.45, 2.75) is 57.2 Å². The first kappa shape index (κ1) is 15.9. The van der Waals surface area contributed by atoms with E-state index in [1.807, 2.05) is 11.8 Å². The normalized spacial score (nSPS) is 23.2. The van der Waals surface area contributed by atoms with Crippen molar-refractivity contribution in [3.8, 4) is 0 Å². The van der Waals surface area contributed by atoms with Gasteiger partial charge >= 0.3 is 0 Å². The molecule has 1 amide bonds. The molecule has 2 aliphatic rings. The van der Waals surface area contributed by atoms with Gasteiger partial charge in [0.1, 0.15) is 5.37 Å². The molecule has 2 fully saturated rings. The van der Waals surface area contributed by atoms with Crippen molar-refractivity contribution in [3.05, 3.63) is 35.4 Å². The van der Waals surface area contributed by atoms with Crippen LogP contribution in [0.25, 0.3) is 0 Å². The Bertz CT molecular complexity index is 505. The molecule has 1 saturated carbocycles. The van der Waals surface area contributed by atoms with Gasteiger partial charge in [0.15, 0.2) is 0 Å². The highest BCUT2D eigenvalue weighted by Gasteiger charge is 2.34. The highest BCUT2D eigenvalue weighted by atomic mass is 32.2. The third kappa shape index (κ3) is 3.34. The maximum absolute atomic E-state index is 12.9. The lowest BCUT2D eigenvalue weighted by Gasteiger charge is -2.30. The second-order valence-electron chi connectivity index (χ2n) is 6.91. The van der Waals surface area contributed by atoms with E-state index in [0.29, 0.717) is 11.8 Å². The molecule has 1 aromatic carbocycles. The quantitative estimate of drug-likeness (QED) is 0.785. The fourth-order valence-corrected chi connectivity index (χ4v) is 4.87. The van der Waals surface area contributed by atoms with E-state index in [1.54, 1.807) is 0 Å². The summed E-state index contributed by atoms with van der Waals surface area (Å²) in [6.45, 7) is 5.35. The molecule has 1 atom stereocenters. The van der Waals surface area contributed by atoms with E-state index in [0.717, 1.165) is 25.1 Å². The van der Waals surface area contributed by atoms with Crippen LogP contribution in [0.1, 0.15) is 68.4 Å². The molecule has 0 bridgehead atoms. The summed E-state index contributed by atoms with van der Waals surface area (Å²) in [5, 5.41) is 0.232. The van der Waals surface area contributed by atoms with Gasteiger partial charge in [-0.1, -0.05) is 57.4 Å². The second-order valence-corrected chi connectivity index (χ2v) is 8.10. The molecule has 1 unspecified atom stereocenters. The van der Waals surface area contributed by atoms with Crippen LogP contribution in [0.4, 0.5) is 0 Å². The largest absolute Gasteiger partial charge is 0.325 e. The minimum Gasteiger partial charge on any atom is -0.325 e. The van der Waals surface area contributed by atoms with Gasteiger partial charge in [-0.3, -0.25) is 4.79 Å². The highest BCUT2D eigenvalue weighted by molar-refractivity contribution is 7.99. The second kappa shape index (κ2) is 7.08. The average Bonchev–Trinajstić information content (AvgIpc) is 3.04. The van der Waals surface area contributed by atoms with Crippen LogP contribution in [-0.4, -0.2) is 23.1 Å². The van der Waals surface area contributed by atoms with Gasteiger partial charge in [-0.2, -0.15) is 0 Å². The molecular weight excluding hydrogens is 290 g/mol. The van der Waals surface area contributed by atoms with E-state index in [2.05, 4.69) is 43.0 Å². The number of carbonyl (C=O) groups is 1. The van der Waals surface area contributed by atoms with Crippen molar-refractivity contribution in [2.24, 2.45) is 5.92 Å². The Morgan fingerprint density at radius 2 is 1.82 bits per heavy atom. The highest BCUT2D eigenvalue weighted by Crippen LogP contribution is 2.40. The fourth-order valence-electron chi connectivity index (χ4n) is 3.60. The van der Waals surface area contributed by atoms with E-state index in [9.17, 15) is 4.79 Å². The SMILES string of the molecule is CC(C)c1ccc(C2SCCN2C(=O)C2CCCCC2)cc1. The van der Waals surface area contributed by atoms with Crippen LogP contribution in [0, 0.1) is 5.92 Å². The van der Waals surface area contributed by atoms with Crippen LogP contribution in [-0.2, 0) is 4.79 Å².